The van der Waals surface area contributed by atoms with Crippen LogP contribution in [0.2, 0.25) is 0 Å². The third kappa shape index (κ3) is 2.55. The Balaban J connectivity index is 1.58. The second kappa shape index (κ2) is 5.34. The zero-order chi connectivity index (χ0) is 12.4. The minimum atomic E-state index is 0.0430. The van der Waals surface area contributed by atoms with Gasteiger partial charge in [0.15, 0.2) is 0 Å². The standard InChI is InChI=1S/C14H21N3O/c15-13(8-11-4-1-2-6-16-11)14-9-17-7-3-5-12(17)10-18-14/h1-2,4,6,12-14H,3,5,7-10,15H2. The van der Waals surface area contributed by atoms with Crippen molar-refractivity contribution in [2.75, 3.05) is 19.7 Å². The van der Waals surface area contributed by atoms with Crippen LogP contribution in [0, 0.1) is 0 Å². The number of hydrogen-bond donors (Lipinski definition) is 1. The molecule has 4 nitrogen and oxygen atoms in total. The fourth-order valence-corrected chi connectivity index (χ4v) is 2.99. The van der Waals surface area contributed by atoms with Crippen molar-refractivity contribution in [3.63, 3.8) is 0 Å². The van der Waals surface area contributed by atoms with E-state index in [1.54, 1.807) is 0 Å². The van der Waals surface area contributed by atoms with Crippen LogP contribution in [0.15, 0.2) is 24.4 Å². The third-order valence-electron chi connectivity index (χ3n) is 4.06. The summed E-state index contributed by atoms with van der Waals surface area (Å²) >= 11 is 0. The van der Waals surface area contributed by atoms with Crippen LogP contribution in [-0.4, -0.2) is 47.8 Å². The molecule has 3 heterocycles. The van der Waals surface area contributed by atoms with E-state index in [0.717, 1.165) is 25.3 Å². The van der Waals surface area contributed by atoms with E-state index in [1.807, 2.05) is 24.4 Å². The Bertz CT molecular complexity index is 384. The van der Waals surface area contributed by atoms with E-state index in [9.17, 15) is 0 Å². The zero-order valence-corrected chi connectivity index (χ0v) is 10.7. The number of fused-ring (bicyclic) bond motifs is 1. The molecule has 0 aromatic carbocycles. The summed E-state index contributed by atoms with van der Waals surface area (Å²) in [5.41, 5.74) is 7.32. The van der Waals surface area contributed by atoms with Crippen molar-refractivity contribution in [1.82, 2.24) is 9.88 Å². The van der Waals surface area contributed by atoms with Crippen molar-refractivity contribution in [2.45, 2.75) is 37.5 Å². The first-order chi connectivity index (χ1) is 8.83. The Morgan fingerprint density at radius 2 is 2.44 bits per heavy atom. The average molecular weight is 247 g/mol. The van der Waals surface area contributed by atoms with Gasteiger partial charge in [0.25, 0.3) is 0 Å². The Kier molecular flexibility index (Phi) is 3.59. The fraction of sp³-hybridized carbons (Fsp3) is 0.643. The molecule has 0 saturated carbocycles. The minimum Gasteiger partial charge on any atom is -0.374 e. The first kappa shape index (κ1) is 12.1. The van der Waals surface area contributed by atoms with Crippen LogP contribution in [0.5, 0.6) is 0 Å². The highest BCUT2D eigenvalue weighted by Crippen LogP contribution is 2.23. The molecule has 3 atom stereocenters. The van der Waals surface area contributed by atoms with E-state index in [2.05, 4.69) is 9.88 Å². The SMILES string of the molecule is NC(Cc1ccccn1)C1CN2CCCC2CO1. The molecule has 1 aromatic rings. The lowest BCUT2D eigenvalue weighted by atomic mass is 10.0. The molecule has 0 aliphatic carbocycles. The molecule has 2 saturated heterocycles. The Hall–Kier alpha value is -0.970. The Labute approximate surface area is 108 Å². The lowest BCUT2D eigenvalue weighted by Gasteiger charge is -2.37. The molecule has 3 unspecified atom stereocenters. The molecular weight excluding hydrogens is 226 g/mol. The van der Waals surface area contributed by atoms with Crippen LogP contribution in [0.4, 0.5) is 0 Å². The molecule has 0 radical (unpaired) electrons. The number of nitrogens with zero attached hydrogens (tertiary/aromatic N) is 2. The van der Waals surface area contributed by atoms with Gasteiger partial charge in [0.05, 0.1) is 12.7 Å². The second-order valence-electron chi connectivity index (χ2n) is 5.35. The molecule has 0 bridgehead atoms. The summed E-state index contributed by atoms with van der Waals surface area (Å²) in [6, 6.07) is 6.65. The van der Waals surface area contributed by atoms with Crippen LogP contribution in [0.25, 0.3) is 0 Å². The molecular formula is C14H21N3O. The molecule has 2 N–H and O–H groups in total. The molecule has 4 heteroatoms. The maximum absolute atomic E-state index is 6.27. The van der Waals surface area contributed by atoms with Gasteiger partial charge in [0, 0.05) is 36.9 Å². The molecule has 98 valence electrons. The van der Waals surface area contributed by atoms with Gasteiger partial charge in [-0.05, 0) is 31.5 Å². The number of rotatable bonds is 3. The second-order valence-corrected chi connectivity index (χ2v) is 5.35. The van der Waals surface area contributed by atoms with E-state index >= 15 is 0 Å². The molecule has 2 fully saturated rings. The largest absolute Gasteiger partial charge is 0.374 e. The maximum Gasteiger partial charge on any atom is 0.0857 e. The molecule has 1 aromatic heterocycles. The highest BCUT2D eigenvalue weighted by atomic mass is 16.5. The lowest BCUT2D eigenvalue weighted by Crippen LogP contribution is -2.53. The normalized spacial score (nSPS) is 30.1. The number of aromatic nitrogens is 1. The van der Waals surface area contributed by atoms with E-state index in [-0.39, 0.29) is 12.1 Å². The minimum absolute atomic E-state index is 0.0430. The summed E-state index contributed by atoms with van der Waals surface area (Å²) < 4.78 is 5.93. The highest BCUT2D eigenvalue weighted by molar-refractivity contribution is 5.06. The van der Waals surface area contributed by atoms with Crippen LogP contribution in [-0.2, 0) is 11.2 Å². The maximum atomic E-state index is 6.27. The quantitative estimate of drug-likeness (QED) is 0.859. The summed E-state index contributed by atoms with van der Waals surface area (Å²) in [5, 5.41) is 0. The number of nitrogens with two attached hydrogens (primary N) is 1. The van der Waals surface area contributed by atoms with Crippen molar-refractivity contribution in [3.05, 3.63) is 30.1 Å². The summed E-state index contributed by atoms with van der Waals surface area (Å²) in [4.78, 5) is 6.87. The number of ether oxygens (including phenoxy) is 1. The summed E-state index contributed by atoms with van der Waals surface area (Å²) in [6.07, 6.45) is 5.35. The van der Waals surface area contributed by atoms with Crippen LogP contribution in [0.3, 0.4) is 0 Å². The van der Waals surface area contributed by atoms with Gasteiger partial charge >= 0.3 is 0 Å². The summed E-state index contributed by atoms with van der Waals surface area (Å²) in [7, 11) is 0. The van der Waals surface area contributed by atoms with E-state index < -0.39 is 0 Å². The van der Waals surface area contributed by atoms with Crippen molar-refractivity contribution in [2.24, 2.45) is 5.73 Å². The van der Waals surface area contributed by atoms with Crippen molar-refractivity contribution >= 4 is 0 Å². The van der Waals surface area contributed by atoms with Crippen LogP contribution < -0.4 is 5.73 Å². The molecule has 0 amide bonds. The number of pyridine rings is 1. The first-order valence-electron chi connectivity index (χ1n) is 6.84. The summed E-state index contributed by atoms with van der Waals surface area (Å²) in [6.45, 7) is 3.04. The molecule has 0 spiro atoms. The molecule has 3 rings (SSSR count). The average Bonchev–Trinajstić information content (AvgIpc) is 2.87. The van der Waals surface area contributed by atoms with Gasteiger partial charge in [-0.1, -0.05) is 6.07 Å². The van der Waals surface area contributed by atoms with Crippen molar-refractivity contribution < 1.29 is 4.74 Å². The molecule has 2 aliphatic rings. The highest BCUT2D eigenvalue weighted by Gasteiger charge is 2.34. The first-order valence-corrected chi connectivity index (χ1v) is 6.84. The van der Waals surface area contributed by atoms with Gasteiger partial charge in [-0.3, -0.25) is 9.88 Å². The predicted molar refractivity (Wildman–Crippen MR) is 70.3 cm³/mol. The van der Waals surface area contributed by atoms with E-state index in [1.165, 1.54) is 19.4 Å². The van der Waals surface area contributed by atoms with Crippen LogP contribution >= 0.6 is 0 Å². The number of hydrogen-bond acceptors (Lipinski definition) is 4. The Morgan fingerprint density at radius 1 is 1.50 bits per heavy atom. The van der Waals surface area contributed by atoms with E-state index in [0.29, 0.717) is 6.04 Å². The van der Waals surface area contributed by atoms with E-state index in [4.69, 9.17) is 10.5 Å². The lowest BCUT2D eigenvalue weighted by molar-refractivity contribution is -0.0590. The van der Waals surface area contributed by atoms with Crippen LogP contribution in [0.1, 0.15) is 18.5 Å². The topological polar surface area (TPSA) is 51.4 Å². The van der Waals surface area contributed by atoms with Gasteiger partial charge in [0.1, 0.15) is 0 Å². The van der Waals surface area contributed by atoms with Crippen molar-refractivity contribution in [3.8, 4) is 0 Å². The van der Waals surface area contributed by atoms with Gasteiger partial charge in [-0.15, -0.1) is 0 Å². The smallest absolute Gasteiger partial charge is 0.0857 e. The fourth-order valence-electron chi connectivity index (χ4n) is 2.99. The van der Waals surface area contributed by atoms with Gasteiger partial charge in [-0.25, -0.2) is 0 Å². The van der Waals surface area contributed by atoms with Gasteiger partial charge in [0.2, 0.25) is 0 Å². The van der Waals surface area contributed by atoms with Gasteiger partial charge in [-0.2, -0.15) is 0 Å². The van der Waals surface area contributed by atoms with Gasteiger partial charge < -0.3 is 10.5 Å². The number of morpholine rings is 1. The zero-order valence-electron chi connectivity index (χ0n) is 10.7. The van der Waals surface area contributed by atoms with Crippen molar-refractivity contribution in [1.29, 1.82) is 0 Å². The molecule has 2 aliphatic heterocycles. The Morgan fingerprint density at radius 3 is 3.28 bits per heavy atom. The predicted octanol–water partition coefficient (Wildman–Crippen LogP) is 0.815. The monoisotopic (exact) mass is 247 g/mol. The molecule has 18 heavy (non-hydrogen) atoms. The third-order valence-corrected chi connectivity index (χ3v) is 4.06. The summed E-state index contributed by atoms with van der Waals surface area (Å²) in [5.74, 6) is 0.